The van der Waals surface area contributed by atoms with E-state index in [4.69, 9.17) is 14.2 Å². The Morgan fingerprint density at radius 1 is 1.04 bits per heavy atom. The van der Waals surface area contributed by atoms with Crippen LogP contribution in [0.2, 0.25) is 0 Å². The molecule has 2 bridgehead atoms. The second kappa shape index (κ2) is 5.33. The van der Waals surface area contributed by atoms with Gasteiger partial charge in [0.05, 0.1) is 32.0 Å². The molecular weight excluding hydrogens is 300 g/mol. The molecule has 2 atom stereocenters. The number of carbonyl (C=O) groups is 2. The van der Waals surface area contributed by atoms with Gasteiger partial charge >= 0.3 is 11.9 Å². The van der Waals surface area contributed by atoms with Crippen LogP contribution in [0.25, 0.3) is 0 Å². The molecule has 2 aliphatic heterocycles. The van der Waals surface area contributed by atoms with Gasteiger partial charge in [-0.15, -0.1) is 0 Å². The zero-order valence-corrected chi connectivity index (χ0v) is 12.7. The summed E-state index contributed by atoms with van der Waals surface area (Å²) in [7, 11) is 2.43. The minimum absolute atomic E-state index is 0.0271. The van der Waals surface area contributed by atoms with E-state index >= 15 is 0 Å². The van der Waals surface area contributed by atoms with Gasteiger partial charge in [-0.1, -0.05) is 30.3 Å². The van der Waals surface area contributed by atoms with Gasteiger partial charge in [0.25, 0.3) is 0 Å². The van der Waals surface area contributed by atoms with Gasteiger partial charge in [-0.25, -0.2) is 9.59 Å². The number of aliphatic hydroxyl groups is 1. The summed E-state index contributed by atoms with van der Waals surface area (Å²) >= 11 is 0. The predicted molar refractivity (Wildman–Crippen MR) is 79.2 cm³/mol. The molecule has 2 unspecified atom stereocenters. The maximum atomic E-state index is 12.4. The van der Waals surface area contributed by atoms with Crippen LogP contribution in [0.4, 0.5) is 0 Å². The van der Waals surface area contributed by atoms with E-state index < -0.39 is 29.7 Å². The SMILES string of the molecule is COC(=O)C1=C(C(=O)OC)C2(c3ccccc3)C=CC1(CO)O2. The molecule has 1 N–H and O–H groups in total. The lowest BCUT2D eigenvalue weighted by Gasteiger charge is -2.26. The third-order valence-electron chi connectivity index (χ3n) is 4.19. The first-order valence-corrected chi connectivity index (χ1v) is 7.03. The van der Waals surface area contributed by atoms with Crippen LogP contribution in [0.1, 0.15) is 5.56 Å². The third kappa shape index (κ3) is 1.95. The minimum Gasteiger partial charge on any atom is -0.466 e. The van der Waals surface area contributed by atoms with Crippen LogP contribution in [-0.2, 0) is 29.4 Å². The highest BCUT2D eigenvalue weighted by molar-refractivity contribution is 6.06. The number of benzene rings is 1. The van der Waals surface area contributed by atoms with Gasteiger partial charge in [0.1, 0.15) is 11.2 Å². The van der Waals surface area contributed by atoms with Gasteiger partial charge in [-0.05, 0) is 17.7 Å². The molecule has 0 amide bonds. The lowest BCUT2D eigenvalue weighted by atomic mass is 9.78. The van der Waals surface area contributed by atoms with Crippen molar-refractivity contribution in [2.24, 2.45) is 0 Å². The van der Waals surface area contributed by atoms with Crippen molar-refractivity contribution in [2.45, 2.75) is 11.2 Å². The van der Waals surface area contributed by atoms with Crippen LogP contribution in [0.5, 0.6) is 0 Å². The van der Waals surface area contributed by atoms with E-state index in [9.17, 15) is 14.7 Å². The quantitative estimate of drug-likeness (QED) is 0.655. The highest BCUT2D eigenvalue weighted by Gasteiger charge is 2.62. The van der Waals surface area contributed by atoms with Crippen molar-refractivity contribution in [3.8, 4) is 0 Å². The molecular formula is C17H16O6. The Morgan fingerprint density at radius 2 is 1.65 bits per heavy atom. The maximum absolute atomic E-state index is 12.4. The van der Waals surface area contributed by atoms with E-state index in [-0.39, 0.29) is 11.1 Å². The van der Waals surface area contributed by atoms with Crippen molar-refractivity contribution < 1.29 is 28.9 Å². The monoisotopic (exact) mass is 316 g/mol. The zero-order chi connectivity index (χ0) is 16.7. The summed E-state index contributed by atoms with van der Waals surface area (Å²) < 4.78 is 15.7. The normalized spacial score (nSPS) is 28.1. The van der Waals surface area contributed by atoms with Crippen LogP contribution in [-0.4, -0.2) is 43.5 Å². The van der Waals surface area contributed by atoms with Gasteiger partial charge in [0.15, 0.2) is 0 Å². The average molecular weight is 316 g/mol. The molecule has 6 heteroatoms. The number of rotatable bonds is 4. The van der Waals surface area contributed by atoms with E-state index in [1.807, 2.05) is 6.07 Å². The Hall–Kier alpha value is -2.44. The number of carbonyl (C=O) groups excluding carboxylic acids is 2. The second-order valence-corrected chi connectivity index (χ2v) is 5.32. The highest BCUT2D eigenvalue weighted by Crippen LogP contribution is 2.55. The van der Waals surface area contributed by atoms with Crippen LogP contribution >= 0.6 is 0 Å². The molecule has 0 aromatic heterocycles. The molecule has 23 heavy (non-hydrogen) atoms. The molecule has 0 saturated heterocycles. The van der Waals surface area contributed by atoms with Crippen LogP contribution in [0.3, 0.4) is 0 Å². The van der Waals surface area contributed by atoms with Crippen molar-refractivity contribution in [3.63, 3.8) is 0 Å². The lowest BCUT2D eigenvalue weighted by Crippen LogP contribution is -2.36. The summed E-state index contributed by atoms with van der Waals surface area (Å²) in [6.07, 6.45) is 3.25. The van der Waals surface area contributed by atoms with Crippen molar-refractivity contribution in [2.75, 3.05) is 20.8 Å². The topological polar surface area (TPSA) is 82.1 Å². The van der Waals surface area contributed by atoms with Crippen molar-refractivity contribution in [3.05, 3.63) is 59.2 Å². The average Bonchev–Trinajstić information content (AvgIpc) is 3.14. The summed E-state index contributed by atoms with van der Waals surface area (Å²) in [6, 6.07) is 8.98. The molecule has 3 rings (SSSR count). The Morgan fingerprint density at radius 3 is 2.22 bits per heavy atom. The summed E-state index contributed by atoms with van der Waals surface area (Å²) in [5, 5.41) is 9.82. The van der Waals surface area contributed by atoms with Crippen molar-refractivity contribution >= 4 is 11.9 Å². The molecule has 2 aliphatic rings. The summed E-state index contributed by atoms with van der Waals surface area (Å²) in [6.45, 7) is -0.497. The van der Waals surface area contributed by atoms with E-state index in [2.05, 4.69) is 0 Å². The number of hydrogen-bond donors (Lipinski definition) is 1. The summed E-state index contributed by atoms with van der Waals surface area (Å²) in [4.78, 5) is 24.6. The van der Waals surface area contributed by atoms with E-state index in [0.29, 0.717) is 5.56 Å². The second-order valence-electron chi connectivity index (χ2n) is 5.32. The number of hydrogen-bond acceptors (Lipinski definition) is 6. The van der Waals surface area contributed by atoms with Gasteiger partial charge in [-0.3, -0.25) is 0 Å². The number of fused-ring (bicyclic) bond motifs is 2. The first-order chi connectivity index (χ1) is 11.0. The fourth-order valence-electron chi connectivity index (χ4n) is 3.16. The number of aliphatic hydroxyl groups excluding tert-OH is 1. The Labute approximate surface area is 133 Å². The fraction of sp³-hybridized carbons (Fsp3) is 0.294. The summed E-state index contributed by atoms with van der Waals surface area (Å²) in [5.74, 6) is -1.43. The fourth-order valence-corrected chi connectivity index (χ4v) is 3.16. The number of ether oxygens (including phenoxy) is 3. The first-order valence-electron chi connectivity index (χ1n) is 7.03. The molecule has 6 nitrogen and oxygen atoms in total. The molecule has 0 spiro atoms. The molecule has 0 aliphatic carbocycles. The van der Waals surface area contributed by atoms with Gasteiger partial charge in [-0.2, -0.15) is 0 Å². The first kappa shape index (κ1) is 15.5. The summed E-state index contributed by atoms with van der Waals surface area (Å²) in [5.41, 5.74) is -2.02. The molecule has 2 heterocycles. The number of methoxy groups -OCH3 is 2. The van der Waals surface area contributed by atoms with Crippen molar-refractivity contribution in [1.82, 2.24) is 0 Å². The third-order valence-corrected chi connectivity index (χ3v) is 4.19. The van der Waals surface area contributed by atoms with Crippen LogP contribution in [0, 0.1) is 0 Å². The molecule has 0 saturated carbocycles. The molecule has 0 fully saturated rings. The highest BCUT2D eigenvalue weighted by atomic mass is 16.6. The zero-order valence-electron chi connectivity index (χ0n) is 12.7. The molecule has 120 valence electrons. The molecule has 1 aromatic rings. The Kier molecular flexibility index (Phi) is 3.58. The molecule has 1 aromatic carbocycles. The van der Waals surface area contributed by atoms with Crippen LogP contribution in [0.15, 0.2) is 53.6 Å². The van der Waals surface area contributed by atoms with Crippen LogP contribution < -0.4 is 0 Å². The Balaban J connectivity index is 2.29. The Bertz CT molecular complexity index is 720. The molecule has 0 radical (unpaired) electrons. The standard InChI is InChI=1S/C17H16O6/c1-21-14(19)12-13(15(20)22-2)17(11-6-4-3-5-7-11)9-8-16(12,10-18)23-17/h3-9,18H,10H2,1-2H3. The van der Waals surface area contributed by atoms with Crippen molar-refractivity contribution in [1.29, 1.82) is 0 Å². The predicted octanol–water partition coefficient (Wildman–Crippen LogP) is 0.856. The van der Waals surface area contributed by atoms with Gasteiger partial charge in [0.2, 0.25) is 0 Å². The smallest absolute Gasteiger partial charge is 0.338 e. The van der Waals surface area contributed by atoms with Gasteiger partial charge in [0, 0.05) is 0 Å². The van der Waals surface area contributed by atoms with E-state index in [1.54, 1.807) is 36.4 Å². The minimum atomic E-state index is -1.41. The number of esters is 2. The lowest BCUT2D eigenvalue weighted by molar-refractivity contribution is -0.139. The van der Waals surface area contributed by atoms with E-state index in [0.717, 1.165) is 0 Å². The largest absolute Gasteiger partial charge is 0.466 e. The van der Waals surface area contributed by atoms with Gasteiger partial charge < -0.3 is 19.3 Å². The van der Waals surface area contributed by atoms with E-state index in [1.165, 1.54) is 14.2 Å². The maximum Gasteiger partial charge on any atom is 0.338 e.